The van der Waals surface area contributed by atoms with E-state index in [0.29, 0.717) is 19.3 Å². The van der Waals surface area contributed by atoms with Gasteiger partial charge in [-0.15, -0.1) is 0 Å². The van der Waals surface area contributed by atoms with Crippen LogP contribution in [0.1, 0.15) is 213 Å². The van der Waals surface area contributed by atoms with Crippen molar-refractivity contribution in [3.63, 3.8) is 0 Å². The first kappa shape index (κ1) is 68.1. The Morgan fingerprint density at radius 1 is 0.403 bits per heavy atom. The number of phosphoric acid groups is 1. The maximum atomic E-state index is 12.9. The number of unbranched alkanes of at least 4 members (excludes halogenated alkanes) is 15. The molecule has 0 aromatic carbocycles. The van der Waals surface area contributed by atoms with Crippen LogP contribution in [0.2, 0.25) is 0 Å². The number of esters is 3. The number of carbonyl (C=O) groups excluding carboxylic acids is 3. The Balaban J connectivity index is 4.83. The molecule has 72 heavy (non-hydrogen) atoms. The van der Waals surface area contributed by atoms with E-state index in [1.165, 1.54) is 19.3 Å². The third kappa shape index (κ3) is 51.1. The molecule has 12 heteroatoms. The van der Waals surface area contributed by atoms with E-state index in [2.05, 4.69) is 130 Å². The maximum Gasteiger partial charge on any atom is 0.472 e. The predicted molar refractivity (Wildman–Crippen MR) is 297 cm³/mol. The summed E-state index contributed by atoms with van der Waals surface area (Å²) in [5.74, 6) is -1.56. The summed E-state index contributed by atoms with van der Waals surface area (Å²) >= 11 is 0. The third-order valence-corrected chi connectivity index (χ3v) is 12.1. The van der Waals surface area contributed by atoms with Gasteiger partial charge in [0.2, 0.25) is 0 Å². The molecule has 0 saturated carbocycles. The first-order chi connectivity index (χ1) is 35.2. The summed E-state index contributed by atoms with van der Waals surface area (Å²) in [5.41, 5.74) is 0. The van der Waals surface area contributed by atoms with Gasteiger partial charge in [-0.05, 0) is 122 Å². The molecule has 0 spiro atoms. The monoisotopic (exact) mass is 1030 g/mol. The van der Waals surface area contributed by atoms with Gasteiger partial charge in [-0.25, -0.2) is 4.57 Å². The molecular formula is C60H99O11P. The Morgan fingerprint density at radius 2 is 0.722 bits per heavy atom. The number of phosphoric ester groups is 1. The van der Waals surface area contributed by atoms with Gasteiger partial charge in [-0.1, -0.05) is 182 Å². The highest BCUT2D eigenvalue weighted by molar-refractivity contribution is 7.47. The van der Waals surface area contributed by atoms with Gasteiger partial charge in [0.1, 0.15) is 12.7 Å². The van der Waals surface area contributed by atoms with Crippen molar-refractivity contribution in [1.82, 2.24) is 0 Å². The highest BCUT2D eigenvalue weighted by atomic mass is 31.2. The second-order valence-corrected chi connectivity index (χ2v) is 19.4. The maximum absolute atomic E-state index is 12.9. The molecule has 3 unspecified atom stereocenters. The van der Waals surface area contributed by atoms with Gasteiger partial charge in [-0.3, -0.25) is 23.4 Å². The van der Waals surface area contributed by atoms with Crippen LogP contribution in [0.25, 0.3) is 0 Å². The zero-order valence-electron chi connectivity index (χ0n) is 45.1. The molecule has 0 aliphatic carbocycles. The normalized spacial score (nSPS) is 14.2. The average molecular weight is 1030 g/mol. The molecule has 0 aromatic heterocycles. The molecule has 0 heterocycles. The molecule has 0 fully saturated rings. The lowest BCUT2D eigenvalue weighted by atomic mass is 10.1. The van der Waals surface area contributed by atoms with Crippen molar-refractivity contribution in [2.24, 2.45) is 0 Å². The van der Waals surface area contributed by atoms with Crippen LogP contribution in [0.5, 0.6) is 0 Å². The number of aliphatic hydroxyl groups excluding tert-OH is 1. The fraction of sp³-hybridized carbons (Fsp3) is 0.650. The Bertz CT molecular complexity index is 1620. The molecular weight excluding hydrogens is 928 g/mol. The van der Waals surface area contributed by atoms with Gasteiger partial charge in [0, 0.05) is 19.3 Å². The number of allylic oxidation sites excluding steroid dienone is 18. The lowest BCUT2D eigenvalue weighted by Gasteiger charge is -2.21. The summed E-state index contributed by atoms with van der Waals surface area (Å²) in [6, 6.07) is 0. The highest BCUT2D eigenvalue weighted by Crippen LogP contribution is 2.43. The Kier molecular flexibility index (Phi) is 50.6. The summed E-state index contributed by atoms with van der Waals surface area (Å²) in [6.45, 7) is 4.29. The highest BCUT2D eigenvalue weighted by Gasteiger charge is 2.28. The molecule has 0 rings (SSSR count). The van der Waals surface area contributed by atoms with Crippen molar-refractivity contribution in [1.29, 1.82) is 0 Å². The van der Waals surface area contributed by atoms with Gasteiger partial charge in [0.05, 0.1) is 19.8 Å². The zero-order valence-corrected chi connectivity index (χ0v) is 46.0. The summed E-state index contributed by atoms with van der Waals surface area (Å²) < 4.78 is 39.4. The first-order valence-electron chi connectivity index (χ1n) is 27.8. The van der Waals surface area contributed by atoms with E-state index in [9.17, 15) is 28.9 Å². The minimum absolute atomic E-state index is 0.106. The summed E-state index contributed by atoms with van der Waals surface area (Å²) in [7, 11) is -4.77. The number of carbonyl (C=O) groups is 3. The van der Waals surface area contributed by atoms with Crippen LogP contribution in [0.3, 0.4) is 0 Å². The quantitative estimate of drug-likeness (QED) is 0.0197. The largest absolute Gasteiger partial charge is 0.472 e. The molecule has 0 saturated heterocycles. The predicted octanol–water partition coefficient (Wildman–Crippen LogP) is 16.2. The van der Waals surface area contributed by atoms with Crippen LogP contribution in [0, 0.1) is 0 Å². The van der Waals surface area contributed by atoms with Gasteiger partial charge >= 0.3 is 25.7 Å². The van der Waals surface area contributed by atoms with Crippen LogP contribution in [-0.2, 0) is 42.2 Å². The Labute approximate surface area is 437 Å². The van der Waals surface area contributed by atoms with Crippen molar-refractivity contribution >= 4 is 25.7 Å². The molecule has 410 valence electrons. The van der Waals surface area contributed by atoms with E-state index in [0.717, 1.165) is 135 Å². The molecule has 2 N–H and O–H groups in total. The van der Waals surface area contributed by atoms with Crippen molar-refractivity contribution in [2.75, 3.05) is 26.4 Å². The van der Waals surface area contributed by atoms with Gasteiger partial charge in [-0.2, -0.15) is 0 Å². The van der Waals surface area contributed by atoms with Crippen molar-refractivity contribution in [2.45, 2.75) is 226 Å². The molecule has 11 nitrogen and oxygen atoms in total. The van der Waals surface area contributed by atoms with Crippen molar-refractivity contribution in [3.05, 3.63) is 109 Å². The smallest absolute Gasteiger partial charge is 0.462 e. The van der Waals surface area contributed by atoms with Crippen molar-refractivity contribution in [3.8, 4) is 0 Å². The van der Waals surface area contributed by atoms with Crippen molar-refractivity contribution < 1.29 is 52.2 Å². The molecule has 3 atom stereocenters. The second kappa shape index (κ2) is 53.4. The topological polar surface area (TPSA) is 155 Å². The lowest BCUT2D eigenvalue weighted by Crippen LogP contribution is -2.30. The Hall–Kier alpha value is -3.86. The lowest BCUT2D eigenvalue weighted by molar-refractivity contribution is -0.161. The van der Waals surface area contributed by atoms with E-state index >= 15 is 0 Å². The van der Waals surface area contributed by atoms with Gasteiger partial charge in [0.15, 0.2) is 6.10 Å². The number of aliphatic hydroxyl groups is 1. The van der Waals surface area contributed by atoms with E-state index in [1.54, 1.807) is 0 Å². The van der Waals surface area contributed by atoms with Crippen LogP contribution >= 0.6 is 7.82 Å². The van der Waals surface area contributed by atoms with E-state index in [4.69, 9.17) is 23.3 Å². The van der Waals surface area contributed by atoms with Gasteiger partial charge in [0.25, 0.3) is 0 Å². The summed E-state index contributed by atoms with van der Waals surface area (Å²) in [4.78, 5) is 48.5. The van der Waals surface area contributed by atoms with E-state index in [-0.39, 0.29) is 25.9 Å². The fourth-order valence-electron chi connectivity index (χ4n) is 6.98. The molecule has 0 bridgehead atoms. The SMILES string of the molecule is CC/C=C\C/C=C\C/C=C\C/C=C\CCCCC(=O)OC(COC(=O)CCCCCCC/C=C\C/C=C\CCCCC)COP(=O)(O)OCC(CO)OC(=O)CCCCCCC/C=C\C/C=C\C/C=C\CC. The standard InChI is InChI=1S/C60H99O11P/c1-4-7-10-13-16-19-22-25-28-31-34-37-40-43-46-49-58(62)67-53-57(71-60(64)51-48-45-42-39-36-33-30-27-24-21-18-15-12-9-6-3)55-69-72(65,66)68-54-56(52-61)70-59(63)50-47-44-41-38-35-32-29-26-23-20-17-14-11-8-5-2/h8-9,11-12,16-21,25-30,36,39,56-57,61H,4-7,10,13-15,22-24,31-35,37-38,40-55H2,1-3H3,(H,65,66)/b11-8-,12-9-,19-16-,20-17-,21-18-,28-25-,29-26-,30-27-,39-36-. The molecule has 0 aliphatic heterocycles. The molecule has 0 amide bonds. The third-order valence-electron chi connectivity index (χ3n) is 11.2. The number of rotatable bonds is 50. The minimum atomic E-state index is -4.77. The second-order valence-electron chi connectivity index (χ2n) is 18.0. The molecule has 0 aromatic rings. The van der Waals surface area contributed by atoms with Crippen LogP contribution in [0.15, 0.2) is 109 Å². The summed E-state index contributed by atoms with van der Waals surface area (Å²) in [6.07, 6.45) is 63.4. The zero-order chi connectivity index (χ0) is 52.7. The van der Waals surface area contributed by atoms with E-state index in [1.807, 2.05) is 0 Å². The van der Waals surface area contributed by atoms with Crippen LogP contribution in [-0.4, -0.2) is 66.5 Å². The average Bonchev–Trinajstić information content (AvgIpc) is 3.37. The fourth-order valence-corrected chi connectivity index (χ4v) is 7.76. The number of ether oxygens (including phenoxy) is 3. The van der Waals surface area contributed by atoms with E-state index < -0.39 is 57.8 Å². The molecule has 0 aliphatic rings. The molecule has 0 radical (unpaired) electrons. The number of hydrogen-bond acceptors (Lipinski definition) is 10. The van der Waals surface area contributed by atoms with Gasteiger partial charge < -0.3 is 24.2 Å². The minimum Gasteiger partial charge on any atom is -0.462 e. The first-order valence-corrected chi connectivity index (χ1v) is 29.3. The number of hydrogen-bond donors (Lipinski definition) is 2. The van der Waals surface area contributed by atoms with Crippen LogP contribution < -0.4 is 0 Å². The summed E-state index contributed by atoms with van der Waals surface area (Å²) in [5, 5.41) is 9.80. The Morgan fingerprint density at radius 3 is 1.14 bits per heavy atom. The van der Waals surface area contributed by atoms with Crippen LogP contribution in [0.4, 0.5) is 0 Å².